The lowest BCUT2D eigenvalue weighted by molar-refractivity contribution is -0.149. The van der Waals surface area contributed by atoms with Crippen LogP contribution in [0.25, 0.3) is 0 Å². The van der Waals surface area contributed by atoms with Crippen LogP contribution < -0.4 is 0 Å². The van der Waals surface area contributed by atoms with E-state index in [1.165, 1.54) is 19.3 Å². The first kappa shape index (κ1) is 14.5. The van der Waals surface area contributed by atoms with Gasteiger partial charge in [-0.25, -0.2) is 0 Å². The second-order valence-corrected chi connectivity index (χ2v) is 4.42. The van der Waals surface area contributed by atoms with Crippen molar-refractivity contribution in [1.29, 1.82) is 0 Å². The molecule has 1 saturated carbocycles. The molecule has 0 bridgehead atoms. The SMILES string of the molecule is CCC.CCOC(=O)C1CCC(C)CC1. The first-order valence-electron chi connectivity index (χ1n) is 6.32. The van der Waals surface area contributed by atoms with Crippen LogP contribution in [0.3, 0.4) is 0 Å². The Hall–Kier alpha value is -0.530. The van der Waals surface area contributed by atoms with Crippen LogP contribution in [0.1, 0.15) is 59.8 Å². The van der Waals surface area contributed by atoms with Crippen molar-refractivity contribution in [2.24, 2.45) is 11.8 Å². The Balaban J connectivity index is 0.000000583. The highest BCUT2D eigenvalue weighted by molar-refractivity contribution is 5.72. The molecule has 0 aromatic rings. The predicted octanol–water partition coefficient (Wildman–Crippen LogP) is 3.79. The topological polar surface area (TPSA) is 26.3 Å². The lowest BCUT2D eigenvalue weighted by Gasteiger charge is -2.24. The quantitative estimate of drug-likeness (QED) is 0.654. The van der Waals surface area contributed by atoms with Gasteiger partial charge in [0, 0.05) is 0 Å². The highest BCUT2D eigenvalue weighted by atomic mass is 16.5. The first-order valence-corrected chi connectivity index (χ1v) is 6.32. The lowest BCUT2D eigenvalue weighted by Crippen LogP contribution is -2.22. The Morgan fingerprint density at radius 1 is 1.13 bits per heavy atom. The summed E-state index contributed by atoms with van der Waals surface area (Å²) in [5.74, 6) is 1.02. The average molecular weight is 214 g/mol. The van der Waals surface area contributed by atoms with E-state index in [0.717, 1.165) is 18.8 Å². The predicted molar refractivity (Wildman–Crippen MR) is 63.7 cm³/mol. The zero-order chi connectivity index (χ0) is 11.7. The molecular weight excluding hydrogens is 188 g/mol. The van der Waals surface area contributed by atoms with Crippen LogP contribution in [0, 0.1) is 11.8 Å². The molecule has 0 radical (unpaired) electrons. The second-order valence-electron chi connectivity index (χ2n) is 4.42. The van der Waals surface area contributed by atoms with Crippen molar-refractivity contribution in [3.05, 3.63) is 0 Å². The molecule has 2 nitrogen and oxygen atoms in total. The van der Waals surface area contributed by atoms with Crippen molar-refractivity contribution >= 4 is 5.97 Å². The molecule has 0 unspecified atom stereocenters. The fraction of sp³-hybridized carbons (Fsp3) is 0.923. The Labute approximate surface area is 94.4 Å². The number of ether oxygens (including phenoxy) is 1. The van der Waals surface area contributed by atoms with Crippen molar-refractivity contribution < 1.29 is 9.53 Å². The van der Waals surface area contributed by atoms with E-state index in [1.54, 1.807) is 0 Å². The summed E-state index contributed by atoms with van der Waals surface area (Å²) in [5.41, 5.74) is 0. The molecular formula is C13H26O2. The zero-order valence-electron chi connectivity index (χ0n) is 10.7. The maximum Gasteiger partial charge on any atom is 0.308 e. The van der Waals surface area contributed by atoms with E-state index < -0.39 is 0 Å². The molecule has 0 amide bonds. The van der Waals surface area contributed by atoms with Gasteiger partial charge in [0.15, 0.2) is 0 Å². The number of rotatable bonds is 2. The molecule has 1 fully saturated rings. The summed E-state index contributed by atoms with van der Waals surface area (Å²) in [7, 11) is 0. The van der Waals surface area contributed by atoms with E-state index in [2.05, 4.69) is 20.8 Å². The highest BCUT2D eigenvalue weighted by Gasteiger charge is 2.24. The van der Waals surface area contributed by atoms with E-state index in [9.17, 15) is 4.79 Å². The third-order valence-electron chi connectivity index (χ3n) is 2.64. The summed E-state index contributed by atoms with van der Waals surface area (Å²) in [5, 5.41) is 0. The van der Waals surface area contributed by atoms with Crippen molar-refractivity contribution in [3.8, 4) is 0 Å². The number of hydrogen-bond donors (Lipinski definition) is 0. The molecule has 15 heavy (non-hydrogen) atoms. The smallest absolute Gasteiger partial charge is 0.308 e. The summed E-state index contributed by atoms with van der Waals surface area (Å²) < 4.78 is 4.98. The summed E-state index contributed by atoms with van der Waals surface area (Å²) in [6.07, 6.45) is 5.67. The van der Waals surface area contributed by atoms with E-state index >= 15 is 0 Å². The fourth-order valence-electron chi connectivity index (χ4n) is 1.76. The van der Waals surface area contributed by atoms with Gasteiger partial charge in [-0.15, -0.1) is 0 Å². The highest BCUT2D eigenvalue weighted by Crippen LogP contribution is 2.28. The Morgan fingerprint density at radius 3 is 2.00 bits per heavy atom. The largest absolute Gasteiger partial charge is 0.466 e. The van der Waals surface area contributed by atoms with E-state index in [-0.39, 0.29) is 11.9 Å². The number of carbonyl (C=O) groups excluding carboxylic acids is 1. The molecule has 1 aliphatic rings. The Kier molecular flexibility index (Phi) is 8.44. The fourth-order valence-corrected chi connectivity index (χ4v) is 1.76. The van der Waals surface area contributed by atoms with Crippen LogP contribution in [0.4, 0.5) is 0 Å². The van der Waals surface area contributed by atoms with Crippen molar-refractivity contribution in [1.82, 2.24) is 0 Å². The molecule has 0 aliphatic heterocycles. The van der Waals surface area contributed by atoms with E-state index in [1.807, 2.05) is 6.92 Å². The van der Waals surface area contributed by atoms with Gasteiger partial charge in [-0.1, -0.05) is 27.2 Å². The van der Waals surface area contributed by atoms with Gasteiger partial charge in [0.25, 0.3) is 0 Å². The summed E-state index contributed by atoms with van der Waals surface area (Å²) in [6.45, 7) is 8.88. The maximum atomic E-state index is 11.3. The zero-order valence-corrected chi connectivity index (χ0v) is 10.7. The first-order chi connectivity index (χ1) is 7.15. The van der Waals surface area contributed by atoms with Gasteiger partial charge in [0.05, 0.1) is 12.5 Å². The van der Waals surface area contributed by atoms with Gasteiger partial charge in [0.2, 0.25) is 0 Å². The molecule has 2 heteroatoms. The number of hydrogen-bond acceptors (Lipinski definition) is 2. The third-order valence-corrected chi connectivity index (χ3v) is 2.64. The molecule has 0 aromatic heterocycles. The monoisotopic (exact) mass is 214 g/mol. The molecule has 0 atom stereocenters. The minimum atomic E-state index is 0.0180. The average Bonchev–Trinajstić information content (AvgIpc) is 2.20. The van der Waals surface area contributed by atoms with E-state index in [4.69, 9.17) is 4.74 Å². The van der Waals surface area contributed by atoms with Crippen LogP contribution in [0.15, 0.2) is 0 Å². The third kappa shape index (κ3) is 6.53. The molecule has 1 rings (SSSR count). The molecule has 1 aliphatic carbocycles. The second kappa shape index (κ2) is 8.75. The number of carbonyl (C=O) groups is 1. The van der Waals surface area contributed by atoms with Gasteiger partial charge in [-0.05, 0) is 38.5 Å². The van der Waals surface area contributed by atoms with Crippen LogP contribution in [0.5, 0.6) is 0 Å². The van der Waals surface area contributed by atoms with Crippen molar-refractivity contribution in [2.75, 3.05) is 6.61 Å². The minimum absolute atomic E-state index is 0.0180. The molecule has 0 aromatic carbocycles. The molecule has 90 valence electrons. The van der Waals surface area contributed by atoms with Crippen LogP contribution >= 0.6 is 0 Å². The molecule has 0 heterocycles. The summed E-state index contributed by atoms with van der Waals surface area (Å²) in [4.78, 5) is 11.3. The van der Waals surface area contributed by atoms with Crippen LogP contribution in [-0.4, -0.2) is 12.6 Å². The molecule has 0 saturated heterocycles. The Bertz CT molecular complexity index is 158. The van der Waals surface area contributed by atoms with Gasteiger partial charge >= 0.3 is 5.97 Å². The Morgan fingerprint density at radius 2 is 1.60 bits per heavy atom. The maximum absolute atomic E-state index is 11.3. The summed E-state index contributed by atoms with van der Waals surface area (Å²) >= 11 is 0. The standard InChI is InChI=1S/C10H18O2.C3H8/c1-3-12-10(11)9-6-4-8(2)5-7-9;1-3-2/h8-9H,3-7H2,1-2H3;3H2,1-2H3. The van der Waals surface area contributed by atoms with Gasteiger partial charge < -0.3 is 4.74 Å². The van der Waals surface area contributed by atoms with Crippen LogP contribution in [0.2, 0.25) is 0 Å². The van der Waals surface area contributed by atoms with E-state index in [0.29, 0.717) is 6.61 Å². The van der Waals surface area contributed by atoms with Gasteiger partial charge in [-0.2, -0.15) is 0 Å². The molecule has 0 N–H and O–H groups in total. The number of esters is 1. The van der Waals surface area contributed by atoms with Crippen molar-refractivity contribution in [2.45, 2.75) is 59.8 Å². The molecule has 0 spiro atoms. The lowest BCUT2D eigenvalue weighted by atomic mass is 9.83. The van der Waals surface area contributed by atoms with Gasteiger partial charge in [0.1, 0.15) is 0 Å². The van der Waals surface area contributed by atoms with Gasteiger partial charge in [-0.3, -0.25) is 4.79 Å². The minimum Gasteiger partial charge on any atom is -0.466 e. The van der Waals surface area contributed by atoms with Crippen molar-refractivity contribution in [3.63, 3.8) is 0 Å². The van der Waals surface area contributed by atoms with Crippen LogP contribution in [-0.2, 0) is 9.53 Å². The summed E-state index contributed by atoms with van der Waals surface area (Å²) in [6, 6.07) is 0. The normalized spacial score (nSPS) is 25.1.